The molecule has 0 spiro atoms. The summed E-state index contributed by atoms with van der Waals surface area (Å²) in [6, 6.07) is 0.519. The summed E-state index contributed by atoms with van der Waals surface area (Å²) in [7, 11) is 1.95. The molecular weight excluding hydrogens is 176 g/mol. The third-order valence-corrected chi connectivity index (χ3v) is 2.25. The van der Waals surface area contributed by atoms with Gasteiger partial charge in [-0.1, -0.05) is 6.92 Å². The van der Waals surface area contributed by atoms with Crippen LogP contribution >= 0.6 is 12.4 Å². The van der Waals surface area contributed by atoms with Gasteiger partial charge in [-0.05, 0) is 13.5 Å². The summed E-state index contributed by atoms with van der Waals surface area (Å²) < 4.78 is 0. The lowest BCUT2D eigenvalue weighted by molar-refractivity contribution is -0.129. The number of nitrogens with zero attached hydrogens (tertiary/aromatic N) is 1. The van der Waals surface area contributed by atoms with Crippen molar-refractivity contribution in [2.24, 2.45) is 0 Å². The van der Waals surface area contributed by atoms with E-state index >= 15 is 0 Å². The second-order valence-electron chi connectivity index (χ2n) is 2.97. The third-order valence-electron chi connectivity index (χ3n) is 2.25. The summed E-state index contributed by atoms with van der Waals surface area (Å²) in [4.78, 5) is 13.1. The monoisotopic (exact) mass is 192 g/mol. The standard InChI is InChI=1S/C8H16N2O.ClH/c1-3-8(11)10-5-4-7(6-10)9-2;/h7,9H,3-6H2,1-2H3;1H/t7-;/m0./s1. The van der Waals surface area contributed by atoms with Crippen LogP contribution in [-0.4, -0.2) is 37.0 Å². The highest BCUT2D eigenvalue weighted by Crippen LogP contribution is 2.09. The molecule has 0 radical (unpaired) electrons. The zero-order valence-corrected chi connectivity index (χ0v) is 8.49. The normalized spacial score (nSPS) is 22.2. The molecule has 1 amide bonds. The van der Waals surface area contributed by atoms with E-state index in [9.17, 15) is 4.79 Å². The van der Waals surface area contributed by atoms with Gasteiger partial charge in [-0.3, -0.25) is 4.79 Å². The molecule has 1 aliphatic rings. The number of hydrogen-bond acceptors (Lipinski definition) is 2. The maximum Gasteiger partial charge on any atom is 0.222 e. The van der Waals surface area contributed by atoms with Gasteiger partial charge in [0.15, 0.2) is 0 Å². The zero-order valence-electron chi connectivity index (χ0n) is 7.67. The van der Waals surface area contributed by atoms with Crippen LogP contribution in [0.3, 0.4) is 0 Å². The van der Waals surface area contributed by atoms with Crippen LogP contribution in [-0.2, 0) is 4.79 Å². The van der Waals surface area contributed by atoms with Gasteiger partial charge in [0, 0.05) is 25.6 Å². The maximum absolute atomic E-state index is 11.2. The second kappa shape index (κ2) is 5.38. The summed E-state index contributed by atoms with van der Waals surface area (Å²) in [5.41, 5.74) is 0. The van der Waals surface area contributed by atoms with Crippen LogP contribution in [0, 0.1) is 0 Å². The van der Waals surface area contributed by atoms with Crippen LogP contribution in [0.25, 0.3) is 0 Å². The van der Waals surface area contributed by atoms with E-state index in [-0.39, 0.29) is 18.3 Å². The predicted molar refractivity (Wildman–Crippen MR) is 51.6 cm³/mol. The van der Waals surface area contributed by atoms with Gasteiger partial charge in [0.25, 0.3) is 0 Å². The van der Waals surface area contributed by atoms with Crippen molar-refractivity contribution < 1.29 is 4.79 Å². The Morgan fingerprint density at radius 2 is 2.33 bits per heavy atom. The first-order chi connectivity index (χ1) is 5.27. The number of likely N-dealkylation sites (tertiary alicyclic amines) is 1. The average Bonchev–Trinajstić information content (AvgIpc) is 2.50. The van der Waals surface area contributed by atoms with Crippen molar-refractivity contribution in [1.29, 1.82) is 0 Å². The summed E-state index contributed by atoms with van der Waals surface area (Å²) >= 11 is 0. The third kappa shape index (κ3) is 2.64. The van der Waals surface area contributed by atoms with Crippen molar-refractivity contribution in [2.75, 3.05) is 20.1 Å². The highest BCUT2D eigenvalue weighted by Gasteiger charge is 2.23. The molecular formula is C8H17ClN2O. The molecule has 3 nitrogen and oxygen atoms in total. The molecule has 0 unspecified atom stereocenters. The first-order valence-corrected chi connectivity index (χ1v) is 4.23. The Morgan fingerprint density at radius 1 is 1.67 bits per heavy atom. The molecule has 1 aliphatic heterocycles. The molecule has 0 aromatic carbocycles. The first kappa shape index (κ1) is 11.7. The number of carbonyl (C=O) groups excluding carboxylic acids is 1. The van der Waals surface area contributed by atoms with Gasteiger partial charge in [-0.15, -0.1) is 12.4 Å². The number of carbonyl (C=O) groups is 1. The van der Waals surface area contributed by atoms with Crippen LogP contribution in [0.1, 0.15) is 19.8 Å². The molecule has 1 fully saturated rings. The quantitative estimate of drug-likeness (QED) is 0.697. The Kier molecular flexibility index (Phi) is 5.25. The summed E-state index contributed by atoms with van der Waals surface area (Å²) in [6.45, 7) is 3.73. The topological polar surface area (TPSA) is 32.3 Å². The van der Waals surface area contributed by atoms with Gasteiger partial charge in [0.1, 0.15) is 0 Å². The van der Waals surface area contributed by atoms with Gasteiger partial charge >= 0.3 is 0 Å². The molecule has 4 heteroatoms. The number of nitrogens with one attached hydrogen (secondary N) is 1. The minimum absolute atomic E-state index is 0. The van der Waals surface area contributed by atoms with E-state index in [4.69, 9.17) is 0 Å². The molecule has 1 rings (SSSR count). The Hall–Kier alpha value is -0.280. The molecule has 1 saturated heterocycles. The van der Waals surface area contributed by atoms with E-state index in [0.29, 0.717) is 12.5 Å². The highest BCUT2D eigenvalue weighted by atomic mass is 35.5. The van der Waals surface area contributed by atoms with Crippen molar-refractivity contribution in [1.82, 2.24) is 10.2 Å². The van der Waals surface area contributed by atoms with Crippen LogP contribution < -0.4 is 5.32 Å². The lowest BCUT2D eigenvalue weighted by atomic mass is 10.3. The van der Waals surface area contributed by atoms with E-state index < -0.39 is 0 Å². The molecule has 0 aromatic heterocycles. The van der Waals surface area contributed by atoms with Gasteiger partial charge < -0.3 is 10.2 Å². The predicted octanol–water partition coefficient (Wildman–Crippen LogP) is 0.638. The number of hydrogen-bond donors (Lipinski definition) is 1. The first-order valence-electron chi connectivity index (χ1n) is 4.23. The molecule has 12 heavy (non-hydrogen) atoms. The van der Waals surface area contributed by atoms with Crippen LogP contribution in [0.15, 0.2) is 0 Å². The Balaban J connectivity index is 0.00000121. The lowest BCUT2D eigenvalue weighted by Crippen LogP contribution is -2.32. The fourth-order valence-electron chi connectivity index (χ4n) is 1.45. The Bertz CT molecular complexity index is 152. The molecule has 0 aliphatic carbocycles. The Morgan fingerprint density at radius 3 is 2.75 bits per heavy atom. The van der Waals surface area contributed by atoms with E-state index in [1.807, 2.05) is 18.9 Å². The van der Waals surface area contributed by atoms with Gasteiger partial charge in [0.2, 0.25) is 5.91 Å². The summed E-state index contributed by atoms with van der Waals surface area (Å²) in [5, 5.41) is 3.18. The fraction of sp³-hybridized carbons (Fsp3) is 0.875. The molecule has 1 heterocycles. The minimum atomic E-state index is 0. The number of halogens is 1. The zero-order chi connectivity index (χ0) is 8.27. The largest absolute Gasteiger partial charge is 0.341 e. The highest BCUT2D eigenvalue weighted by molar-refractivity contribution is 5.85. The molecule has 72 valence electrons. The molecule has 0 aromatic rings. The van der Waals surface area contributed by atoms with Crippen molar-refractivity contribution in [3.05, 3.63) is 0 Å². The molecule has 1 N–H and O–H groups in total. The number of amides is 1. The Labute approximate surface area is 79.9 Å². The van der Waals surface area contributed by atoms with Crippen molar-refractivity contribution in [2.45, 2.75) is 25.8 Å². The fourth-order valence-corrected chi connectivity index (χ4v) is 1.45. The van der Waals surface area contributed by atoms with Crippen molar-refractivity contribution in [3.8, 4) is 0 Å². The van der Waals surface area contributed by atoms with Gasteiger partial charge in [-0.2, -0.15) is 0 Å². The van der Waals surface area contributed by atoms with Gasteiger partial charge in [-0.25, -0.2) is 0 Å². The van der Waals surface area contributed by atoms with Crippen LogP contribution in [0.4, 0.5) is 0 Å². The SMILES string of the molecule is CCC(=O)N1CC[C@H](NC)C1.Cl. The van der Waals surface area contributed by atoms with E-state index in [0.717, 1.165) is 19.5 Å². The van der Waals surface area contributed by atoms with E-state index in [1.165, 1.54) is 0 Å². The van der Waals surface area contributed by atoms with E-state index in [2.05, 4.69) is 5.32 Å². The number of rotatable bonds is 2. The molecule has 1 atom stereocenters. The smallest absolute Gasteiger partial charge is 0.222 e. The van der Waals surface area contributed by atoms with Crippen LogP contribution in [0.2, 0.25) is 0 Å². The summed E-state index contributed by atoms with van der Waals surface area (Å²) in [6.07, 6.45) is 1.73. The molecule has 0 bridgehead atoms. The average molecular weight is 193 g/mol. The maximum atomic E-state index is 11.2. The minimum Gasteiger partial charge on any atom is -0.341 e. The lowest BCUT2D eigenvalue weighted by Gasteiger charge is -2.14. The second-order valence-corrected chi connectivity index (χ2v) is 2.97. The van der Waals surface area contributed by atoms with Gasteiger partial charge in [0.05, 0.1) is 0 Å². The summed E-state index contributed by atoms with van der Waals surface area (Å²) in [5.74, 6) is 0.280. The molecule has 0 saturated carbocycles. The van der Waals surface area contributed by atoms with Crippen LogP contribution in [0.5, 0.6) is 0 Å². The van der Waals surface area contributed by atoms with E-state index in [1.54, 1.807) is 0 Å². The van der Waals surface area contributed by atoms with Crippen molar-refractivity contribution in [3.63, 3.8) is 0 Å². The van der Waals surface area contributed by atoms with Crippen molar-refractivity contribution >= 4 is 18.3 Å². The number of likely N-dealkylation sites (N-methyl/N-ethyl adjacent to an activating group) is 1.